The highest BCUT2D eigenvalue weighted by Crippen LogP contribution is 2.51. The van der Waals surface area contributed by atoms with Crippen molar-refractivity contribution in [1.29, 1.82) is 0 Å². The second-order valence-electron chi connectivity index (χ2n) is 8.38. The van der Waals surface area contributed by atoms with Crippen molar-refractivity contribution in [3.63, 3.8) is 0 Å². The summed E-state index contributed by atoms with van der Waals surface area (Å²) in [6.07, 6.45) is 1.46. The van der Waals surface area contributed by atoms with Crippen LogP contribution >= 0.6 is 11.8 Å². The molecule has 2 aliphatic heterocycles. The maximum Gasteiger partial charge on any atom is 0.227 e. The monoisotopic (exact) mass is 502 g/mol. The van der Waals surface area contributed by atoms with Crippen LogP contribution in [0.3, 0.4) is 0 Å². The number of nitrogens with one attached hydrogen (secondary N) is 1. The average Bonchev–Trinajstić information content (AvgIpc) is 3.34. The highest BCUT2D eigenvalue weighted by molar-refractivity contribution is 7.98. The minimum Gasteiger partial charge on any atom is -0.493 e. The Morgan fingerprint density at radius 3 is 2.47 bits per heavy atom. The van der Waals surface area contributed by atoms with Crippen molar-refractivity contribution < 1.29 is 18.6 Å². The largest absolute Gasteiger partial charge is 0.493 e. The number of aromatic nitrogens is 3. The molecule has 1 aromatic heterocycles. The van der Waals surface area contributed by atoms with Crippen molar-refractivity contribution in [3.05, 3.63) is 94.8 Å². The van der Waals surface area contributed by atoms with Gasteiger partial charge in [-0.05, 0) is 48.2 Å². The van der Waals surface area contributed by atoms with Crippen LogP contribution in [0.2, 0.25) is 0 Å². The summed E-state index contributed by atoms with van der Waals surface area (Å²) in [7, 11) is 3.22. The van der Waals surface area contributed by atoms with Crippen LogP contribution in [0.5, 0.6) is 17.2 Å². The number of ether oxygens (including phenoxy) is 3. The zero-order chi connectivity index (χ0) is 24.8. The maximum atomic E-state index is 13.9. The second-order valence-corrected chi connectivity index (χ2v) is 9.16. The van der Waals surface area contributed by atoms with Gasteiger partial charge in [0.2, 0.25) is 11.1 Å². The number of halogens is 1. The number of nitrogens with zero attached hydrogens (tertiary/aromatic N) is 3. The molecule has 9 heteroatoms. The van der Waals surface area contributed by atoms with Gasteiger partial charge in [-0.2, -0.15) is 4.98 Å². The zero-order valence-corrected chi connectivity index (χ0v) is 20.7. The summed E-state index contributed by atoms with van der Waals surface area (Å²) in [5, 5.41) is 8.92. The smallest absolute Gasteiger partial charge is 0.227 e. The number of benzene rings is 3. The number of fused-ring (bicyclic) bond motifs is 3. The Balaban J connectivity index is 1.61. The Morgan fingerprint density at radius 1 is 0.972 bits per heavy atom. The first kappa shape index (κ1) is 22.5. The summed E-state index contributed by atoms with van der Waals surface area (Å²) < 4.78 is 33.5. The molecule has 7 nitrogen and oxygen atoms in total. The molecule has 2 unspecified atom stereocenters. The van der Waals surface area contributed by atoms with Crippen molar-refractivity contribution in [2.75, 3.05) is 25.8 Å². The molecule has 0 fully saturated rings. The number of methoxy groups -OCH3 is 2. The van der Waals surface area contributed by atoms with Gasteiger partial charge in [0.25, 0.3) is 0 Å². The number of rotatable bonds is 5. The molecule has 36 heavy (non-hydrogen) atoms. The highest BCUT2D eigenvalue weighted by atomic mass is 32.2. The summed E-state index contributed by atoms with van der Waals surface area (Å²) in [6, 6.07) is 19.8. The van der Waals surface area contributed by atoms with E-state index in [2.05, 4.69) is 5.32 Å². The fraction of sp³-hybridized carbons (Fsp3) is 0.185. The van der Waals surface area contributed by atoms with Crippen LogP contribution in [-0.2, 0) is 0 Å². The van der Waals surface area contributed by atoms with Gasteiger partial charge in [0, 0.05) is 16.7 Å². The van der Waals surface area contributed by atoms with Crippen molar-refractivity contribution >= 4 is 23.4 Å². The number of anilines is 1. The molecule has 0 bridgehead atoms. The van der Waals surface area contributed by atoms with Crippen molar-refractivity contribution in [3.8, 4) is 17.2 Å². The van der Waals surface area contributed by atoms with Gasteiger partial charge in [0.05, 0.1) is 19.9 Å². The minimum absolute atomic E-state index is 0.299. The average molecular weight is 503 g/mol. The minimum atomic E-state index is -0.479. The Hall–Kier alpha value is -3.98. The number of hydrogen-bond donors (Lipinski definition) is 1. The van der Waals surface area contributed by atoms with E-state index < -0.39 is 6.10 Å². The highest BCUT2D eigenvalue weighted by Gasteiger charge is 2.41. The molecule has 182 valence electrons. The molecular formula is C27H23FN4O3S. The molecule has 3 heterocycles. The van der Waals surface area contributed by atoms with E-state index in [1.165, 1.54) is 23.9 Å². The molecule has 0 saturated carbocycles. The molecule has 6 rings (SSSR count). The molecule has 0 saturated heterocycles. The van der Waals surface area contributed by atoms with Gasteiger partial charge < -0.3 is 19.5 Å². The van der Waals surface area contributed by atoms with Crippen molar-refractivity contribution in [2.24, 2.45) is 0 Å². The van der Waals surface area contributed by atoms with Gasteiger partial charge in [-0.25, -0.2) is 9.07 Å². The third-order valence-electron chi connectivity index (χ3n) is 6.44. The van der Waals surface area contributed by atoms with Crippen LogP contribution in [0.4, 0.5) is 10.3 Å². The van der Waals surface area contributed by atoms with E-state index in [4.69, 9.17) is 24.3 Å². The Bertz CT molecular complexity index is 1480. The van der Waals surface area contributed by atoms with E-state index in [0.717, 1.165) is 33.7 Å². The lowest BCUT2D eigenvalue weighted by atomic mass is 9.84. The molecular weight excluding hydrogens is 479 g/mol. The van der Waals surface area contributed by atoms with Crippen LogP contribution in [-0.4, -0.2) is 35.2 Å². The van der Waals surface area contributed by atoms with Crippen molar-refractivity contribution in [1.82, 2.24) is 14.8 Å². The first-order valence-corrected chi connectivity index (χ1v) is 12.6. The number of hydrogen-bond acceptors (Lipinski definition) is 7. The predicted molar refractivity (Wildman–Crippen MR) is 136 cm³/mol. The second kappa shape index (κ2) is 8.91. The molecule has 0 aliphatic carbocycles. The van der Waals surface area contributed by atoms with Gasteiger partial charge in [0.1, 0.15) is 23.7 Å². The van der Waals surface area contributed by atoms with Crippen LogP contribution in [0, 0.1) is 5.82 Å². The summed E-state index contributed by atoms with van der Waals surface area (Å²) in [4.78, 5) is 4.69. The molecule has 4 aromatic rings. The fourth-order valence-corrected chi connectivity index (χ4v) is 5.15. The molecule has 0 radical (unpaired) electrons. The molecule has 0 spiro atoms. The fourth-order valence-electron chi connectivity index (χ4n) is 4.80. The summed E-state index contributed by atoms with van der Waals surface area (Å²) in [5.74, 6) is 2.31. The SMILES string of the molecule is COc1ccc(C2Oc3ccccc3C3=C2C(c2ccc(F)cc2)n2nc(SC)nc2N3)cc1OC. The Labute approximate surface area is 211 Å². The predicted octanol–water partition coefficient (Wildman–Crippen LogP) is 5.72. The van der Waals surface area contributed by atoms with Gasteiger partial charge >= 0.3 is 0 Å². The van der Waals surface area contributed by atoms with Gasteiger partial charge in [0.15, 0.2) is 11.5 Å². The van der Waals surface area contributed by atoms with E-state index in [1.54, 1.807) is 26.4 Å². The van der Waals surface area contributed by atoms with Crippen LogP contribution in [0.25, 0.3) is 5.70 Å². The van der Waals surface area contributed by atoms with Crippen molar-refractivity contribution in [2.45, 2.75) is 17.3 Å². The van der Waals surface area contributed by atoms with Crippen LogP contribution in [0.15, 0.2) is 77.5 Å². The lowest BCUT2D eigenvalue weighted by Crippen LogP contribution is -2.32. The topological polar surface area (TPSA) is 70.4 Å². The third-order valence-corrected chi connectivity index (χ3v) is 6.98. The first-order valence-electron chi connectivity index (χ1n) is 11.4. The Morgan fingerprint density at radius 2 is 1.72 bits per heavy atom. The first-order chi connectivity index (χ1) is 17.6. The van der Waals surface area contributed by atoms with Gasteiger partial charge in [-0.1, -0.05) is 42.1 Å². The molecule has 1 N–H and O–H groups in total. The van der Waals surface area contributed by atoms with E-state index in [-0.39, 0.29) is 11.9 Å². The zero-order valence-electron chi connectivity index (χ0n) is 19.9. The third kappa shape index (κ3) is 3.58. The van der Waals surface area contributed by atoms with Crippen LogP contribution in [0.1, 0.15) is 28.8 Å². The normalized spacial score (nSPS) is 17.9. The standard InChI is InChI=1S/C27H23FN4O3S/c1-33-20-13-10-16(14-21(20)34-2)25-22-23(18-6-4-5-7-19(18)35-25)29-26-30-27(36-3)31-32(26)24(22)15-8-11-17(28)12-9-15/h4-14,24-25H,1-3H3,(H,29,30,31). The van der Waals surface area contributed by atoms with E-state index in [0.29, 0.717) is 22.6 Å². The maximum absolute atomic E-state index is 13.9. The van der Waals surface area contributed by atoms with Gasteiger partial charge in [-0.3, -0.25) is 0 Å². The summed E-state index contributed by atoms with van der Waals surface area (Å²) in [6.45, 7) is 0. The van der Waals surface area contributed by atoms with E-state index >= 15 is 0 Å². The molecule has 0 amide bonds. The molecule has 3 aromatic carbocycles. The van der Waals surface area contributed by atoms with E-state index in [1.807, 2.05) is 53.4 Å². The summed E-state index contributed by atoms with van der Waals surface area (Å²) >= 11 is 1.46. The lowest BCUT2D eigenvalue weighted by molar-refractivity contribution is 0.222. The number of para-hydroxylation sites is 1. The van der Waals surface area contributed by atoms with E-state index in [9.17, 15) is 4.39 Å². The lowest BCUT2D eigenvalue weighted by Gasteiger charge is -2.39. The van der Waals surface area contributed by atoms with Crippen LogP contribution < -0.4 is 19.5 Å². The summed E-state index contributed by atoms with van der Waals surface area (Å²) in [5.41, 5.74) is 4.53. The molecule has 2 aliphatic rings. The number of thioether (sulfide) groups is 1. The quantitative estimate of drug-likeness (QED) is 0.350. The Kier molecular flexibility index (Phi) is 5.56. The molecule has 2 atom stereocenters. The van der Waals surface area contributed by atoms with Gasteiger partial charge in [-0.15, -0.1) is 5.10 Å².